The maximum absolute atomic E-state index is 13.1. The van der Waals surface area contributed by atoms with E-state index < -0.39 is 17.6 Å². The Morgan fingerprint density at radius 3 is 2.46 bits per heavy atom. The van der Waals surface area contributed by atoms with E-state index in [1.807, 2.05) is 4.90 Å². The Balaban J connectivity index is 1.87. The van der Waals surface area contributed by atoms with Gasteiger partial charge in [0.2, 0.25) is 0 Å². The van der Waals surface area contributed by atoms with Gasteiger partial charge in [-0.15, -0.1) is 0 Å². The molecule has 1 aromatic carbocycles. The summed E-state index contributed by atoms with van der Waals surface area (Å²) in [5, 5.41) is 2.52. The molecule has 0 spiro atoms. The van der Waals surface area contributed by atoms with Crippen molar-refractivity contribution in [2.24, 2.45) is 0 Å². The Morgan fingerprint density at radius 1 is 1.21 bits per heavy atom. The highest BCUT2D eigenvalue weighted by molar-refractivity contribution is 7.80. The zero-order valence-corrected chi connectivity index (χ0v) is 14.0. The molecule has 24 heavy (non-hydrogen) atoms. The van der Waals surface area contributed by atoms with Crippen LogP contribution in [0.4, 0.5) is 10.1 Å². The van der Waals surface area contributed by atoms with Gasteiger partial charge >= 0.3 is 0 Å². The maximum Gasteiger partial charge on any atom is 0.271 e. The van der Waals surface area contributed by atoms with E-state index in [9.17, 15) is 14.0 Å². The predicted octanol–water partition coefficient (Wildman–Crippen LogP) is -0.712. The summed E-state index contributed by atoms with van der Waals surface area (Å²) in [5.74, 6) is -1.41. The number of benzene rings is 1. The second-order valence-electron chi connectivity index (χ2n) is 5.91. The van der Waals surface area contributed by atoms with E-state index in [0.717, 1.165) is 26.2 Å². The first-order chi connectivity index (χ1) is 11.5. The molecule has 0 bridgehead atoms. The van der Waals surface area contributed by atoms with Crippen LogP contribution in [0.25, 0.3) is 0 Å². The number of likely N-dealkylation sites (N-methyl/N-ethyl adjacent to an activating group) is 1. The molecule has 0 saturated carbocycles. The molecule has 2 aliphatic rings. The standard InChI is InChI=1S/C16H17FN4O2S/c1-19-6-8-20(9-7-19)10-13-14(22)18-16(24)21(15(13)23)12-4-2-11(17)3-5-12/h2-5,10H,6-9H2,1H3,(H,18,22,24)/p+1. The third kappa shape index (κ3) is 3.29. The lowest BCUT2D eigenvalue weighted by molar-refractivity contribution is -0.883. The minimum absolute atomic E-state index is 0.00317. The second kappa shape index (κ2) is 6.66. The van der Waals surface area contributed by atoms with E-state index >= 15 is 0 Å². The van der Waals surface area contributed by atoms with Gasteiger partial charge in [0.15, 0.2) is 5.11 Å². The zero-order chi connectivity index (χ0) is 17.3. The van der Waals surface area contributed by atoms with Gasteiger partial charge in [-0.3, -0.25) is 19.8 Å². The molecule has 2 aliphatic heterocycles. The number of nitrogens with zero attached hydrogens (tertiary/aromatic N) is 2. The number of hydrogen-bond acceptors (Lipinski definition) is 4. The minimum atomic E-state index is -0.505. The van der Waals surface area contributed by atoms with Gasteiger partial charge < -0.3 is 9.80 Å². The summed E-state index contributed by atoms with van der Waals surface area (Å²) in [6.07, 6.45) is 1.60. The van der Waals surface area contributed by atoms with Gasteiger partial charge in [-0.2, -0.15) is 0 Å². The fourth-order valence-corrected chi connectivity index (χ4v) is 2.97. The Hall–Kier alpha value is -2.32. The van der Waals surface area contributed by atoms with Gasteiger partial charge in [0.25, 0.3) is 11.8 Å². The van der Waals surface area contributed by atoms with Gasteiger partial charge in [0, 0.05) is 6.20 Å². The largest absolute Gasteiger partial charge is 0.365 e. The Bertz CT molecular complexity index is 711. The molecule has 0 atom stereocenters. The number of anilines is 1. The lowest BCUT2D eigenvalue weighted by Gasteiger charge is -2.32. The normalized spacial score (nSPS) is 21.4. The molecule has 0 unspecified atom stereocenters. The first kappa shape index (κ1) is 16.5. The quantitative estimate of drug-likeness (QED) is 0.421. The summed E-state index contributed by atoms with van der Waals surface area (Å²) in [5.41, 5.74) is 0.451. The van der Waals surface area contributed by atoms with Crippen molar-refractivity contribution in [1.29, 1.82) is 0 Å². The molecular formula is C16H18FN4O2S+. The highest BCUT2D eigenvalue weighted by Crippen LogP contribution is 2.21. The first-order valence-corrected chi connectivity index (χ1v) is 8.09. The Morgan fingerprint density at radius 2 is 1.83 bits per heavy atom. The molecule has 2 fully saturated rings. The number of rotatable bonds is 2. The number of carbonyl (C=O) groups excluding carboxylic acids is 2. The van der Waals surface area contributed by atoms with Crippen LogP contribution in [-0.2, 0) is 9.59 Å². The summed E-state index contributed by atoms with van der Waals surface area (Å²) in [4.78, 5) is 29.5. The number of thiocarbonyl (C=S) groups is 1. The van der Waals surface area contributed by atoms with E-state index in [-0.39, 0.29) is 10.7 Å². The average molecular weight is 349 g/mol. The molecule has 0 aliphatic carbocycles. The van der Waals surface area contributed by atoms with E-state index in [1.54, 1.807) is 6.20 Å². The van der Waals surface area contributed by atoms with E-state index in [4.69, 9.17) is 12.2 Å². The van der Waals surface area contributed by atoms with E-state index in [1.165, 1.54) is 34.1 Å². The van der Waals surface area contributed by atoms with Gasteiger partial charge in [-0.25, -0.2) is 4.39 Å². The van der Waals surface area contributed by atoms with Crippen molar-refractivity contribution in [3.05, 3.63) is 41.9 Å². The van der Waals surface area contributed by atoms with Crippen LogP contribution >= 0.6 is 12.2 Å². The summed E-state index contributed by atoms with van der Waals surface area (Å²) >= 11 is 5.10. The van der Waals surface area contributed by atoms with E-state index in [2.05, 4.69) is 12.4 Å². The van der Waals surface area contributed by atoms with Crippen molar-refractivity contribution in [2.75, 3.05) is 38.1 Å². The van der Waals surface area contributed by atoms with Crippen LogP contribution in [0.3, 0.4) is 0 Å². The summed E-state index contributed by atoms with van der Waals surface area (Å²) < 4.78 is 13.1. The highest BCUT2D eigenvalue weighted by Gasteiger charge is 2.35. The lowest BCUT2D eigenvalue weighted by Crippen LogP contribution is -3.11. The van der Waals surface area contributed by atoms with E-state index in [0.29, 0.717) is 5.69 Å². The van der Waals surface area contributed by atoms with Gasteiger partial charge in [0.1, 0.15) is 11.4 Å². The average Bonchev–Trinajstić information content (AvgIpc) is 2.55. The van der Waals surface area contributed by atoms with Crippen LogP contribution in [0.1, 0.15) is 0 Å². The van der Waals surface area contributed by atoms with Crippen molar-refractivity contribution < 1.29 is 18.9 Å². The van der Waals surface area contributed by atoms with Crippen molar-refractivity contribution in [3.63, 3.8) is 0 Å². The molecule has 6 nitrogen and oxygen atoms in total. The lowest BCUT2D eigenvalue weighted by atomic mass is 10.1. The number of carbonyl (C=O) groups is 2. The van der Waals surface area contributed by atoms with Crippen molar-refractivity contribution >= 4 is 34.8 Å². The van der Waals surface area contributed by atoms with Crippen molar-refractivity contribution in [3.8, 4) is 0 Å². The molecule has 1 aromatic rings. The number of quaternary nitrogens is 1. The van der Waals surface area contributed by atoms with Crippen LogP contribution in [0.5, 0.6) is 0 Å². The molecule has 126 valence electrons. The number of piperazine rings is 1. The number of hydrogen-bond donors (Lipinski definition) is 2. The third-order valence-corrected chi connectivity index (χ3v) is 4.43. The molecule has 3 rings (SSSR count). The second-order valence-corrected chi connectivity index (χ2v) is 6.30. The van der Waals surface area contributed by atoms with Crippen LogP contribution < -0.4 is 15.1 Å². The molecule has 2 amide bonds. The molecule has 2 heterocycles. The predicted molar refractivity (Wildman–Crippen MR) is 90.9 cm³/mol. The van der Waals surface area contributed by atoms with Crippen LogP contribution in [0.15, 0.2) is 36.0 Å². The van der Waals surface area contributed by atoms with Crippen LogP contribution in [-0.4, -0.2) is 55.1 Å². The van der Waals surface area contributed by atoms with Crippen LogP contribution in [0.2, 0.25) is 0 Å². The molecule has 8 heteroatoms. The van der Waals surface area contributed by atoms with Gasteiger partial charge in [-0.05, 0) is 36.5 Å². The fourth-order valence-electron chi connectivity index (χ4n) is 2.69. The molecule has 2 saturated heterocycles. The minimum Gasteiger partial charge on any atom is -0.365 e. The Labute approximate surface area is 144 Å². The van der Waals surface area contributed by atoms with Gasteiger partial charge in [-0.1, -0.05) is 0 Å². The summed E-state index contributed by atoms with van der Waals surface area (Å²) in [7, 11) is 2.11. The topological polar surface area (TPSA) is 57.1 Å². The Kier molecular flexibility index (Phi) is 4.59. The molecule has 2 N–H and O–H groups in total. The monoisotopic (exact) mass is 349 g/mol. The first-order valence-electron chi connectivity index (χ1n) is 7.68. The molecule has 0 radical (unpaired) electrons. The molecule has 0 aromatic heterocycles. The van der Waals surface area contributed by atoms with Crippen molar-refractivity contribution in [1.82, 2.24) is 10.2 Å². The van der Waals surface area contributed by atoms with Gasteiger partial charge in [0.05, 0.1) is 38.9 Å². The number of amides is 2. The highest BCUT2D eigenvalue weighted by atomic mass is 32.1. The van der Waals surface area contributed by atoms with Crippen molar-refractivity contribution in [2.45, 2.75) is 0 Å². The van der Waals surface area contributed by atoms with Crippen LogP contribution in [0, 0.1) is 5.82 Å². The summed E-state index contributed by atoms with van der Waals surface area (Å²) in [6.45, 7) is 3.44. The number of halogens is 1. The molecular weight excluding hydrogens is 331 g/mol. The third-order valence-electron chi connectivity index (χ3n) is 4.15. The number of nitrogens with one attached hydrogen (secondary N) is 2. The summed E-state index contributed by atoms with van der Waals surface area (Å²) in [6, 6.07) is 5.39. The maximum atomic E-state index is 13.1. The fraction of sp³-hybridized carbons (Fsp3) is 0.312. The smallest absolute Gasteiger partial charge is 0.271 e. The zero-order valence-electron chi connectivity index (χ0n) is 13.2. The SMILES string of the molecule is C[NH+]1CCN(C=C2C(=O)NC(=S)N(c3ccc(F)cc3)C2=O)CC1.